The summed E-state index contributed by atoms with van der Waals surface area (Å²) in [5, 5.41) is 8.93. The molecule has 4 nitrogen and oxygen atoms in total. The fraction of sp³-hybridized carbons (Fsp3) is 0.500. The quantitative estimate of drug-likeness (QED) is 0.870. The first-order valence-corrected chi connectivity index (χ1v) is 5.66. The second-order valence-corrected chi connectivity index (χ2v) is 4.40. The van der Waals surface area contributed by atoms with Gasteiger partial charge < -0.3 is 5.11 Å². The standard InChI is InChI=1S/C12H15FN2O2/c1-8(11-3-2-10(13)6-14-11)15-5-4-9(7-15)12(16)17/h2-3,6,8-9H,4-5,7H2,1H3,(H,16,17). The lowest BCUT2D eigenvalue weighted by Crippen LogP contribution is -2.26. The molecule has 0 radical (unpaired) electrons. The van der Waals surface area contributed by atoms with Crippen LogP contribution in [-0.4, -0.2) is 34.0 Å². The third-order valence-corrected chi connectivity index (χ3v) is 3.29. The third-order valence-electron chi connectivity index (χ3n) is 3.29. The minimum atomic E-state index is -0.744. The van der Waals surface area contributed by atoms with E-state index < -0.39 is 5.97 Å². The van der Waals surface area contributed by atoms with E-state index in [-0.39, 0.29) is 17.8 Å². The number of carboxylic acid groups (broad SMARTS) is 1. The van der Waals surface area contributed by atoms with Gasteiger partial charge in [-0.25, -0.2) is 4.39 Å². The van der Waals surface area contributed by atoms with Crippen molar-refractivity contribution in [3.63, 3.8) is 0 Å². The average molecular weight is 238 g/mol. The van der Waals surface area contributed by atoms with Gasteiger partial charge in [-0.2, -0.15) is 0 Å². The molecule has 17 heavy (non-hydrogen) atoms. The Kier molecular flexibility index (Phi) is 3.38. The van der Waals surface area contributed by atoms with Crippen LogP contribution in [0, 0.1) is 11.7 Å². The largest absolute Gasteiger partial charge is 0.481 e. The number of likely N-dealkylation sites (tertiary alicyclic amines) is 1. The van der Waals surface area contributed by atoms with Gasteiger partial charge in [0.15, 0.2) is 0 Å². The Morgan fingerprint density at radius 3 is 2.94 bits per heavy atom. The Balaban J connectivity index is 2.04. The molecule has 0 aromatic carbocycles. The molecular weight excluding hydrogens is 223 g/mol. The van der Waals surface area contributed by atoms with E-state index >= 15 is 0 Å². The van der Waals surface area contributed by atoms with Gasteiger partial charge >= 0.3 is 5.97 Å². The first kappa shape index (κ1) is 12.0. The Bertz CT molecular complexity index is 407. The summed E-state index contributed by atoms with van der Waals surface area (Å²) in [6.45, 7) is 3.25. The molecule has 1 aromatic rings. The highest BCUT2D eigenvalue weighted by molar-refractivity contribution is 5.70. The summed E-state index contributed by atoms with van der Waals surface area (Å²) in [7, 11) is 0. The molecule has 0 aliphatic carbocycles. The minimum Gasteiger partial charge on any atom is -0.481 e. The maximum atomic E-state index is 12.7. The number of hydrogen-bond acceptors (Lipinski definition) is 3. The van der Waals surface area contributed by atoms with Crippen molar-refractivity contribution in [2.75, 3.05) is 13.1 Å². The van der Waals surface area contributed by atoms with Gasteiger partial charge in [0.25, 0.3) is 0 Å². The number of carbonyl (C=O) groups is 1. The van der Waals surface area contributed by atoms with Crippen molar-refractivity contribution in [1.29, 1.82) is 0 Å². The van der Waals surface area contributed by atoms with Crippen molar-refractivity contribution in [1.82, 2.24) is 9.88 Å². The van der Waals surface area contributed by atoms with E-state index in [2.05, 4.69) is 9.88 Å². The van der Waals surface area contributed by atoms with Crippen LogP contribution in [0.3, 0.4) is 0 Å². The number of aliphatic carboxylic acids is 1. The number of carboxylic acids is 1. The first-order valence-electron chi connectivity index (χ1n) is 5.66. The predicted molar refractivity (Wildman–Crippen MR) is 59.9 cm³/mol. The summed E-state index contributed by atoms with van der Waals surface area (Å²) in [6.07, 6.45) is 1.86. The molecule has 2 rings (SSSR count). The molecule has 0 saturated carbocycles. The second-order valence-electron chi connectivity index (χ2n) is 4.40. The number of hydrogen-bond donors (Lipinski definition) is 1. The van der Waals surface area contributed by atoms with E-state index in [9.17, 15) is 9.18 Å². The van der Waals surface area contributed by atoms with E-state index in [1.165, 1.54) is 12.3 Å². The lowest BCUT2D eigenvalue weighted by molar-refractivity contribution is -0.141. The molecule has 0 spiro atoms. The van der Waals surface area contributed by atoms with Crippen LogP contribution in [0.15, 0.2) is 18.3 Å². The van der Waals surface area contributed by atoms with Crippen LogP contribution in [0.25, 0.3) is 0 Å². The van der Waals surface area contributed by atoms with E-state index in [1.807, 2.05) is 6.92 Å². The Morgan fingerprint density at radius 2 is 2.41 bits per heavy atom. The summed E-state index contributed by atoms with van der Waals surface area (Å²) in [5.41, 5.74) is 0.775. The highest BCUT2D eigenvalue weighted by Crippen LogP contribution is 2.26. The van der Waals surface area contributed by atoms with E-state index in [1.54, 1.807) is 6.07 Å². The SMILES string of the molecule is CC(c1ccc(F)cn1)N1CCC(C(=O)O)C1. The minimum absolute atomic E-state index is 0.0277. The first-order chi connectivity index (χ1) is 8.08. The van der Waals surface area contributed by atoms with Crippen molar-refractivity contribution in [2.45, 2.75) is 19.4 Å². The van der Waals surface area contributed by atoms with Crippen LogP contribution in [0.4, 0.5) is 4.39 Å². The van der Waals surface area contributed by atoms with E-state index in [4.69, 9.17) is 5.11 Å². The van der Waals surface area contributed by atoms with Crippen molar-refractivity contribution < 1.29 is 14.3 Å². The Morgan fingerprint density at radius 1 is 1.65 bits per heavy atom. The van der Waals surface area contributed by atoms with Crippen molar-refractivity contribution >= 4 is 5.97 Å². The number of nitrogens with zero attached hydrogens (tertiary/aromatic N) is 2. The lowest BCUT2D eigenvalue weighted by atomic mass is 10.1. The number of pyridine rings is 1. The molecule has 92 valence electrons. The van der Waals surface area contributed by atoms with Crippen LogP contribution in [0.2, 0.25) is 0 Å². The highest BCUT2D eigenvalue weighted by Gasteiger charge is 2.31. The molecule has 0 amide bonds. The van der Waals surface area contributed by atoms with Crippen LogP contribution in [-0.2, 0) is 4.79 Å². The van der Waals surface area contributed by atoms with E-state index in [0.29, 0.717) is 13.0 Å². The maximum absolute atomic E-state index is 12.7. The Labute approximate surface area is 99.1 Å². The zero-order valence-corrected chi connectivity index (χ0v) is 9.64. The zero-order valence-electron chi connectivity index (χ0n) is 9.64. The van der Waals surface area contributed by atoms with Crippen molar-refractivity contribution in [3.8, 4) is 0 Å². The zero-order chi connectivity index (χ0) is 12.4. The van der Waals surface area contributed by atoms with Gasteiger partial charge in [-0.3, -0.25) is 14.7 Å². The van der Waals surface area contributed by atoms with Crippen molar-refractivity contribution in [3.05, 3.63) is 29.8 Å². The Hall–Kier alpha value is -1.49. The summed E-state index contributed by atoms with van der Waals surface area (Å²) in [5.74, 6) is -1.39. The van der Waals surface area contributed by atoms with Crippen LogP contribution < -0.4 is 0 Å². The third kappa shape index (κ3) is 2.61. The smallest absolute Gasteiger partial charge is 0.307 e. The summed E-state index contributed by atoms with van der Waals surface area (Å²) >= 11 is 0. The molecular formula is C12H15FN2O2. The summed E-state index contributed by atoms with van der Waals surface area (Å²) in [6, 6.07) is 3.05. The molecule has 1 fully saturated rings. The number of aromatic nitrogens is 1. The van der Waals surface area contributed by atoms with Crippen LogP contribution in [0.5, 0.6) is 0 Å². The van der Waals surface area contributed by atoms with Crippen LogP contribution >= 0.6 is 0 Å². The monoisotopic (exact) mass is 238 g/mol. The second kappa shape index (κ2) is 4.79. The maximum Gasteiger partial charge on any atom is 0.307 e. The fourth-order valence-corrected chi connectivity index (χ4v) is 2.16. The number of halogens is 1. The fourth-order valence-electron chi connectivity index (χ4n) is 2.16. The number of rotatable bonds is 3. The van der Waals surface area contributed by atoms with Crippen LogP contribution in [0.1, 0.15) is 25.1 Å². The molecule has 2 unspecified atom stereocenters. The predicted octanol–water partition coefficient (Wildman–Crippen LogP) is 1.69. The van der Waals surface area contributed by atoms with Gasteiger partial charge in [-0.15, -0.1) is 0 Å². The molecule has 2 atom stereocenters. The molecule has 5 heteroatoms. The van der Waals surface area contributed by atoms with Gasteiger partial charge in [-0.1, -0.05) is 0 Å². The molecule has 0 bridgehead atoms. The van der Waals surface area contributed by atoms with E-state index in [0.717, 1.165) is 12.2 Å². The molecule has 2 heterocycles. The van der Waals surface area contributed by atoms with Gasteiger partial charge in [0.1, 0.15) is 5.82 Å². The normalized spacial score (nSPS) is 22.6. The van der Waals surface area contributed by atoms with Gasteiger partial charge in [-0.05, 0) is 32.0 Å². The van der Waals surface area contributed by atoms with Gasteiger partial charge in [0, 0.05) is 12.6 Å². The summed E-state index contributed by atoms with van der Waals surface area (Å²) < 4.78 is 12.7. The molecule has 1 aliphatic heterocycles. The highest BCUT2D eigenvalue weighted by atomic mass is 19.1. The molecule has 1 aromatic heterocycles. The van der Waals surface area contributed by atoms with Gasteiger partial charge in [0.2, 0.25) is 0 Å². The van der Waals surface area contributed by atoms with Gasteiger partial charge in [0.05, 0.1) is 17.8 Å². The topological polar surface area (TPSA) is 53.4 Å². The molecule has 1 N–H and O–H groups in total. The average Bonchev–Trinajstić information content (AvgIpc) is 2.78. The lowest BCUT2D eigenvalue weighted by Gasteiger charge is -2.23. The molecule has 1 saturated heterocycles. The molecule has 1 aliphatic rings. The summed E-state index contributed by atoms with van der Waals surface area (Å²) in [4.78, 5) is 17.0. The van der Waals surface area contributed by atoms with Crippen molar-refractivity contribution in [2.24, 2.45) is 5.92 Å².